The maximum Gasteiger partial charge on any atom is 0.353 e. The van der Waals surface area contributed by atoms with Crippen molar-refractivity contribution in [2.75, 3.05) is 12.9 Å². The standard InChI is InChI=1S/C10H11NO2S2/c1-3-13-10(12)7-4-8-6(11-7)5-9(14-2)15-8/h5H,3-4H2,1-2H3. The zero-order chi connectivity index (χ0) is 10.8. The predicted octanol–water partition coefficient (Wildman–Crippen LogP) is 2.66. The van der Waals surface area contributed by atoms with E-state index in [-0.39, 0.29) is 5.97 Å². The first-order valence-corrected chi connectivity index (χ1v) is 6.70. The van der Waals surface area contributed by atoms with E-state index in [1.54, 1.807) is 30.0 Å². The van der Waals surface area contributed by atoms with Crippen LogP contribution in [0.4, 0.5) is 5.69 Å². The van der Waals surface area contributed by atoms with Gasteiger partial charge in [-0.05, 0) is 19.2 Å². The van der Waals surface area contributed by atoms with E-state index in [0.29, 0.717) is 18.7 Å². The number of hydrogen-bond donors (Lipinski definition) is 0. The largest absolute Gasteiger partial charge is 0.461 e. The van der Waals surface area contributed by atoms with E-state index in [2.05, 4.69) is 4.99 Å². The van der Waals surface area contributed by atoms with Crippen molar-refractivity contribution in [3.63, 3.8) is 0 Å². The average Bonchev–Trinajstić information content (AvgIpc) is 2.74. The molecule has 80 valence electrons. The van der Waals surface area contributed by atoms with E-state index in [0.717, 1.165) is 5.69 Å². The zero-order valence-corrected chi connectivity index (χ0v) is 10.2. The molecule has 5 heteroatoms. The van der Waals surface area contributed by atoms with E-state index < -0.39 is 0 Å². The third-order valence-electron chi connectivity index (χ3n) is 2.06. The van der Waals surface area contributed by atoms with Crippen LogP contribution < -0.4 is 0 Å². The first-order chi connectivity index (χ1) is 7.24. The fourth-order valence-corrected chi connectivity index (χ4v) is 3.08. The number of nitrogens with zero attached hydrogens (tertiary/aromatic N) is 1. The van der Waals surface area contributed by atoms with Crippen LogP contribution in [0, 0.1) is 0 Å². The molecule has 1 aromatic rings. The Bertz CT molecular complexity index is 423. The molecule has 0 fully saturated rings. The van der Waals surface area contributed by atoms with Crippen LogP contribution in [0.15, 0.2) is 15.3 Å². The summed E-state index contributed by atoms with van der Waals surface area (Å²) in [4.78, 5) is 16.9. The Morgan fingerprint density at radius 1 is 1.73 bits per heavy atom. The van der Waals surface area contributed by atoms with Crippen molar-refractivity contribution >= 4 is 40.5 Å². The van der Waals surface area contributed by atoms with Gasteiger partial charge in [0, 0.05) is 11.3 Å². The molecule has 3 nitrogen and oxygen atoms in total. The maximum absolute atomic E-state index is 11.4. The second-order valence-corrected chi connectivity index (χ2v) is 5.28. The molecule has 0 amide bonds. The van der Waals surface area contributed by atoms with E-state index in [1.807, 2.05) is 12.3 Å². The molecule has 0 saturated carbocycles. The van der Waals surface area contributed by atoms with Crippen LogP contribution >= 0.6 is 23.1 Å². The van der Waals surface area contributed by atoms with Gasteiger partial charge in [0.2, 0.25) is 0 Å². The lowest BCUT2D eigenvalue weighted by Crippen LogP contribution is -2.17. The first kappa shape index (κ1) is 10.7. The monoisotopic (exact) mass is 241 g/mol. The van der Waals surface area contributed by atoms with Gasteiger partial charge in [0.15, 0.2) is 0 Å². The van der Waals surface area contributed by atoms with Crippen molar-refractivity contribution in [1.82, 2.24) is 0 Å². The number of thioether (sulfide) groups is 1. The van der Waals surface area contributed by atoms with Crippen molar-refractivity contribution in [2.45, 2.75) is 17.6 Å². The second-order valence-electron chi connectivity index (χ2n) is 3.03. The number of ether oxygens (including phenoxy) is 1. The van der Waals surface area contributed by atoms with Crippen LogP contribution in [0.3, 0.4) is 0 Å². The number of carbonyl (C=O) groups is 1. The Balaban J connectivity index is 2.16. The Morgan fingerprint density at radius 2 is 2.53 bits per heavy atom. The van der Waals surface area contributed by atoms with Crippen LogP contribution in [0.1, 0.15) is 11.8 Å². The van der Waals surface area contributed by atoms with E-state index in [4.69, 9.17) is 4.74 Å². The zero-order valence-electron chi connectivity index (χ0n) is 8.57. The number of aliphatic imine (C=N–C) groups is 1. The molecule has 0 aromatic carbocycles. The summed E-state index contributed by atoms with van der Waals surface area (Å²) in [5.41, 5.74) is 1.47. The van der Waals surface area contributed by atoms with E-state index in [9.17, 15) is 4.79 Å². The van der Waals surface area contributed by atoms with Crippen LogP contribution in [-0.4, -0.2) is 24.5 Å². The number of fused-ring (bicyclic) bond motifs is 1. The average molecular weight is 241 g/mol. The minimum Gasteiger partial charge on any atom is -0.461 e. The highest BCUT2D eigenvalue weighted by atomic mass is 32.2. The summed E-state index contributed by atoms with van der Waals surface area (Å²) < 4.78 is 6.15. The van der Waals surface area contributed by atoms with E-state index >= 15 is 0 Å². The van der Waals surface area contributed by atoms with Gasteiger partial charge >= 0.3 is 5.97 Å². The maximum atomic E-state index is 11.4. The summed E-state index contributed by atoms with van der Waals surface area (Å²) in [7, 11) is 0. The molecule has 1 aliphatic rings. The van der Waals surface area contributed by atoms with Gasteiger partial charge in [0.25, 0.3) is 0 Å². The number of carbonyl (C=O) groups excluding carboxylic acids is 1. The van der Waals surface area contributed by atoms with Gasteiger partial charge in [0.1, 0.15) is 5.71 Å². The van der Waals surface area contributed by atoms with Crippen LogP contribution in [0.25, 0.3) is 0 Å². The molecular formula is C10H11NO2S2. The molecule has 0 spiro atoms. The molecule has 0 radical (unpaired) electrons. The van der Waals surface area contributed by atoms with Crippen LogP contribution in [-0.2, 0) is 16.0 Å². The summed E-state index contributed by atoms with van der Waals surface area (Å²) in [6, 6.07) is 2.02. The fourth-order valence-electron chi connectivity index (χ4n) is 1.39. The molecule has 0 N–H and O–H groups in total. The molecule has 0 saturated heterocycles. The van der Waals surface area contributed by atoms with Crippen LogP contribution in [0.5, 0.6) is 0 Å². The molecule has 1 aliphatic heterocycles. The number of hydrogen-bond acceptors (Lipinski definition) is 5. The Kier molecular flexibility index (Phi) is 3.11. The predicted molar refractivity (Wildman–Crippen MR) is 63.5 cm³/mol. The van der Waals surface area contributed by atoms with Crippen LogP contribution in [0.2, 0.25) is 0 Å². The highest BCUT2D eigenvalue weighted by Crippen LogP contribution is 2.38. The molecule has 2 heterocycles. The van der Waals surface area contributed by atoms with Gasteiger partial charge in [-0.15, -0.1) is 23.1 Å². The van der Waals surface area contributed by atoms with Gasteiger partial charge in [0.05, 0.1) is 16.5 Å². The summed E-state index contributed by atoms with van der Waals surface area (Å²) in [6.07, 6.45) is 2.66. The van der Waals surface area contributed by atoms with Crippen molar-refractivity contribution in [3.05, 3.63) is 10.9 Å². The summed E-state index contributed by atoms with van der Waals surface area (Å²) in [5.74, 6) is -0.286. The quantitative estimate of drug-likeness (QED) is 0.603. The first-order valence-electron chi connectivity index (χ1n) is 4.66. The highest BCUT2D eigenvalue weighted by Gasteiger charge is 2.23. The Labute approximate surface area is 96.5 Å². The minimum absolute atomic E-state index is 0.286. The highest BCUT2D eigenvalue weighted by molar-refractivity contribution is 8.00. The van der Waals surface area contributed by atoms with Crippen molar-refractivity contribution in [1.29, 1.82) is 0 Å². The Morgan fingerprint density at radius 3 is 3.13 bits per heavy atom. The number of thiophene rings is 1. The number of rotatable bonds is 3. The Hall–Kier alpha value is -0.810. The van der Waals surface area contributed by atoms with Gasteiger partial charge in [-0.3, -0.25) is 0 Å². The number of esters is 1. The normalized spacial score (nSPS) is 13.6. The lowest BCUT2D eigenvalue weighted by atomic mass is 10.3. The van der Waals surface area contributed by atoms with Gasteiger partial charge in [-0.25, -0.2) is 9.79 Å². The summed E-state index contributed by atoms with van der Waals surface area (Å²) >= 11 is 3.41. The second kappa shape index (κ2) is 4.37. The fraction of sp³-hybridized carbons (Fsp3) is 0.400. The van der Waals surface area contributed by atoms with Gasteiger partial charge < -0.3 is 4.74 Å². The molecule has 0 unspecified atom stereocenters. The minimum atomic E-state index is -0.286. The third-order valence-corrected chi connectivity index (χ3v) is 4.25. The van der Waals surface area contributed by atoms with Gasteiger partial charge in [-0.1, -0.05) is 0 Å². The molecular weight excluding hydrogens is 230 g/mol. The molecule has 1 aromatic heterocycles. The molecule has 0 bridgehead atoms. The topological polar surface area (TPSA) is 38.7 Å². The smallest absolute Gasteiger partial charge is 0.353 e. The lowest BCUT2D eigenvalue weighted by molar-refractivity contribution is -0.135. The molecule has 0 aliphatic carbocycles. The molecule has 2 rings (SSSR count). The summed E-state index contributed by atoms with van der Waals surface area (Å²) in [6.45, 7) is 2.20. The van der Waals surface area contributed by atoms with Crippen molar-refractivity contribution in [3.8, 4) is 0 Å². The van der Waals surface area contributed by atoms with Crippen molar-refractivity contribution in [2.24, 2.45) is 4.99 Å². The van der Waals surface area contributed by atoms with Crippen molar-refractivity contribution < 1.29 is 9.53 Å². The molecule has 15 heavy (non-hydrogen) atoms. The molecule has 0 atom stereocenters. The summed E-state index contributed by atoms with van der Waals surface area (Å²) in [5, 5.41) is 0. The van der Waals surface area contributed by atoms with E-state index in [1.165, 1.54) is 9.09 Å². The lowest BCUT2D eigenvalue weighted by Gasteiger charge is -1.99. The SMILES string of the molecule is CCOC(=O)C1=Nc2cc(SC)sc2C1. The third kappa shape index (κ3) is 2.08. The van der Waals surface area contributed by atoms with Gasteiger partial charge in [-0.2, -0.15) is 0 Å².